The molecule has 0 saturated carbocycles. The van der Waals surface area contributed by atoms with Gasteiger partial charge in [0.15, 0.2) is 0 Å². The van der Waals surface area contributed by atoms with Gasteiger partial charge in [-0.1, -0.05) is 0 Å². The highest BCUT2D eigenvalue weighted by Gasteiger charge is 2.34. The Morgan fingerprint density at radius 3 is 2.13 bits per heavy atom. The molecule has 3 aliphatic rings. The maximum absolute atomic E-state index is 13.4. The number of carbonyl (C=O) groups excluding carboxylic acids is 4. The summed E-state index contributed by atoms with van der Waals surface area (Å²) in [5, 5.41) is 3.16. The Kier molecular flexibility index (Phi) is 8.71. The first-order chi connectivity index (χ1) is 18.4. The average Bonchev–Trinajstić information content (AvgIpc) is 3.02. The number of anilines is 1. The zero-order chi connectivity index (χ0) is 28.3. The molecule has 2 saturated heterocycles. The minimum atomic E-state index is -0.708. The molecule has 1 unspecified atom stereocenters. The van der Waals surface area contributed by atoms with E-state index in [9.17, 15) is 19.2 Å². The minimum Gasteiger partial charge on any atom is -0.469 e. The second-order valence-electron chi connectivity index (χ2n) is 12.0. The fourth-order valence-corrected chi connectivity index (χ4v) is 5.87. The first kappa shape index (κ1) is 28.7. The molecule has 10 nitrogen and oxygen atoms in total. The Hall–Kier alpha value is -3.30. The van der Waals surface area contributed by atoms with Crippen molar-refractivity contribution >= 4 is 29.6 Å². The number of rotatable bonds is 4. The molecule has 1 aromatic carbocycles. The van der Waals surface area contributed by atoms with E-state index in [1.807, 2.05) is 42.7 Å². The van der Waals surface area contributed by atoms with Crippen molar-refractivity contribution < 1.29 is 28.7 Å². The van der Waals surface area contributed by atoms with E-state index in [0.29, 0.717) is 37.0 Å². The summed E-state index contributed by atoms with van der Waals surface area (Å²) >= 11 is 0. The molecule has 1 atom stereocenters. The number of carbonyl (C=O) groups is 4. The summed E-state index contributed by atoms with van der Waals surface area (Å²) in [4.78, 5) is 55.6. The number of hydrogen-bond acceptors (Lipinski definition) is 7. The molecule has 0 spiro atoms. The lowest BCUT2D eigenvalue weighted by atomic mass is 9.79. The van der Waals surface area contributed by atoms with E-state index < -0.39 is 17.6 Å². The highest BCUT2D eigenvalue weighted by molar-refractivity contribution is 5.96. The van der Waals surface area contributed by atoms with Gasteiger partial charge in [-0.2, -0.15) is 0 Å². The Balaban J connectivity index is 1.32. The van der Waals surface area contributed by atoms with Gasteiger partial charge in [0, 0.05) is 51.0 Å². The quantitative estimate of drug-likeness (QED) is 0.580. The normalized spacial score (nSPS) is 21.1. The molecule has 10 heteroatoms. The second kappa shape index (κ2) is 11.8. The van der Waals surface area contributed by atoms with Crippen molar-refractivity contribution in [1.82, 2.24) is 14.7 Å². The van der Waals surface area contributed by atoms with E-state index in [1.165, 1.54) is 7.11 Å². The third kappa shape index (κ3) is 7.02. The summed E-state index contributed by atoms with van der Waals surface area (Å²) in [7, 11) is 3.00. The van der Waals surface area contributed by atoms with Gasteiger partial charge in [-0.25, -0.2) is 4.79 Å². The molecule has 3 aliphatic heterocycles. The maximum atomic E-state index is 13.4. The van der Waals surface area contributed by atoms with Crippen LogP contribution < -0.4 is 5.32 Å². The van der Waals surface area contributed by atoms with Crippen molar-refractivity contribution in [3.8, 4) is 0 Å². The van der Waals surface area contributed by atoms with E-state index in [2.05, 4.69) is 5.32 Å². The zero-order valence-electron chi connectivity index (χ0n) is 23.8. The van der Waals surface area contributed by atoms with E-state index in [0.717, 1.165) is 50.0 Å². The topological polar surface area (TPSA) is 108 Å². The first-order valence-corrected chi connectivity index (χ1v) is 13.9. The molecular formula is C29H42N4O6. The number of esters is 1. The Labute approximate surface area is 231 Å². The standard InChI is InChI=1S/C29H42N4O6/c1-29(2,3)39-28(37)33-14-10-20(11-15-33)19-8-12-32(13-9-19)26(35)21-6-7-23-22(16-21)18-31(4)27(36)24(30-23)17-25(34)38-5/h6-7,16,19-20,24,30H,8-15,17-18H2,1-5H3. The zero-order valence-corrected chi connectivity index (χ0v) is 23.8. The van der Waals surface area contributed by atoms with E-state index in [-0.39, 0.29) is 24.3 Å². The number of ether oxygens (including phenoxy) is 2. The van der Waals surface area contributed by atoms with Gasteiger partial charge in [-0.15, -0.1) is 0 Å². The van der Waals surface area contributed by atoms with Gasteiger partial charge in [0.2, 0.25) is 5.91 Å². The molecule has 1 aromatic rings. The van der Waals surface area contributed by atoms with Crippen LogP contribution in [0.5, 0.6) is 0 Å². The molecule has 214 valence electrons. The minimum absolute atomic E-state index is 0.000308. The van der Waals surface area contributed by atoms with Gasteiger partial charge in [0.25, 0.3) is 5.91 Å². The lowest BCUT2D eigenvalue weighted by Crippen LogP contribution is -2.45. The first-order valence-electron chi connectivity index (χ1n) is 13.9. The van der Waals surface area contributed by atoms with Crippen molar-refractivity contribution in [2.24, 2.45) is 11.8 Å². The SMILES string of the molecule is COC(=O)CC1Nc2ccc(C(=O)N3CCC(C4CCN(C(=O)OC(C)(C)C)CC4)CC3)cc2CN(C)C1=O. The highest BCUT2D eigenvalue weighted by atomic mass is 16.6. The third-order valence-corrected chi connectivity index (χ3v) is 8.05. The van der Waals surface area contributed by atoms with Crippen molar-refractivity contribution in [1.29, 1.82) is 0 Å². The number of piperidine rings is 2. The Morgan fingerprint density at radius 2 is 1.56 bits per heavy atom. The Bertz CT molecular complexity index is 1080. The van der Waals surface area contributed by atoms with Crippen LogP contribution in [0.3, 0.4) is 0 Å². The van der Waals surface area contributed by atoms with Crippen LogP contribution >= 0.6 is 0 Å². The van der Waals surface area contributed by atoms with Crippen LogP contribution in [-0.2, 0) is 25.6 Å². The molecule has 1 N–H and O–H groups in total. The number of fused-ring (bicyclic) bond motifs is 1. The van der Waals surface area contributed by atoms with Gasteiger partial charge < -0.3 is 29.5 Å². The number of methoxy groups -OCH3 is 1. The fraction of sp³-hybridized carbons (Fsp3) is 0.655. The predicted molar refractivity (Wildman–Crippen MR) is 146 cm³/mol. The smallest absolute Gasteiger partial charge is 0.410 e. The molecule has 3 heterocycles. The van der Waals surface area contributed by atoms with Gasteiger partial charge >= 0.3 is 12.1 Å². The monoisotopic (exact) mass is 542 g/mol. The number of nitrogens with zero attached hydrogens (tertiary/aromatic N) is 3. The maximum Gasteiger partial charge on any atom is 0.410 e. The number of hydrogen-bond donors (Lipinski definition) is 1. The molecule has 2 fully saturated rings. The van der Waals surface area contributed by atoms with Crippen LogP contribution in [0.15, 0.2) is 18.2 Å². The summed E-state index contributed by atoms with van der Waals surface area (Å²) in [6.07, 6.45) is 3.57. The molecule has 4 rings (SSSR count). The van der Waals surface area contributed by atoms with Crippen LogP contribution in [0.1, 0.15) is 68.8 Å². The van der Waals surface area contributed by atoms with Gasteiger partial charge in [0.1, 0.15) is 11.6 Å². The summed E-state index contributed by atoms with van der Waals surface area (Å²) < 4.78 is 10.3. The van der Waals surface area contributed by atoms with Crippen LogP contribution in [0.2, 0.25) is 0 Å². The second-order valence-corrected chi connectivity index (χ2v) is 12.0. The van der Waals surface area contributed by atoms with Crippen LogP contribution in [-0.4, -0.2) is 90.6 Å². The van der Waals surface area contributed by atoms with E-state index in [4.69, 9.17) is 9.47 Å². The van der Waals surface area contributed by atoms with Crippen molar-refractivity contribution in [2.75, 3.05) is 45.7 Å². The third-order valence-electron chi connectivity index (χ3n) is 8.05. The summed E-state index contributed by atoms with van der Waals surface area (Å²) in [5.41, 5.74) is 1.71. The van der Waals surface area contributed by atoms with Gasteiger partial charge in [0.05, 0.1) is 13.5 Å². The lowest BCUT2D eigenvalue weighted by Gasteiger charge is -2.40. The lowest BCUT2D eigenvalue weighted by molar-refractivity contribution is -0.143. The average molecular weight is 543 g/mol. The number of likely N-dealkylation sites (tertiary alicyclic amines) is 2. The van der Waals surface area contributed by atoms with Crippen molar-refractivity contribution in [3.05, 3.63) is 29.3 Å². The van der Waals surface area contributed by atoms with Crippen LogP contribution in [0.25, 0.3) is 0 Å². The van der Waals surface area contributed by atoms with E-state index in [1.54, 1.807) is 18.0 Å². The molecule has 0 bridgehead atoms. The predicted octanol–water partition coefficient (Wildman–Crippen LogP) is 3.50. The van der Waals surface area contributed by atoms with Crippen LogP contribution in [0.4, 0.5) is 10.5 Å². The number of likely N-dealkylation sites (N-methyl/N-ethyl adjacent to an activating group) is 1. The van der Waals surface area contributed by atoms with Crippen LogP contribution in [0, 0.1) is 11.8 Å². The molecule has 3 amide bonds. The van der Waals surface area contributed by atoms with Gasteiger partial charge in [-0.05, 0) is 82.1 Å². The number of amides is 3. The van der Waals surface area contributed by atoms with E-state index >= 15 is 0 Å². The summed E-state index contributed by atoms with van der Waals surface area (Å²) in [5.74, 6) is 0.466. The highest BCUT2D eigenvalue weighted by Crippen LogP contribution is 2.34. The Morgan fingerprint density at radius 1 is 0.974 bits per heavy atom. The van der Waals surface area contributed by atoms with Crippen molar-refractivity contribution in [3.63, 3.8) is 0 Å². The van der Waals surface area contributed by atoms with Gasteiger partial charge in [-0.3, -0.25) is 14.4 Å². The molecule has 39 heavy (non-hydrogen) atoms. The molecule has 0 aromatic heterocycles. The molecule has 0 aliphatic carbocycles. The number of benzene rings is 1. The molecular weight excluding hydrogens is 500 g/mol. The summed E-state index contributed by atoms with van der Waals surface area (Å²) in [6.45, 7) is 8.88. The molecule has 0 radical (unpaired) electrons. The largest absolute Gasteiger partial charge is 0.469 e. The summed E-state index contributed by atoms with van der Waals surface area (Å²) in [6, 6.07) is 4.76. The number of nitrogens with one attached hydrogen (secondary N) is 1. The van der Waals surface area contributed by atoms with Crippen molar-refractivity contribution in [2.45, 2.75) is 71.1 Å². The fourth-order valence-electron chi connectivity index (χ4n) is 5.87.